The summed E-state index contributed by atoms with van der Waals surface area (Å²) < 4.78 is 0. The molecule has 0 aliphatic rings. The third-order valence-electron chi connectivity index (χ3n) is 3.43. The minimum absolute atomic E-state index is 0.589. The third-order valence-corrected chi connectivity index (χ3v) is 3.43. The van der Waals surface area contributed by atoms with Gasteiger partial charge in [-0.05, 0) is 31.7 Å². The Morgan fingerprint density at radius 3 is 2.58 bits per heavy atom. The molecule has 2 aromatic rings. The smallest absolute Gasteiger partial charge is 0.309 e. The largest absolute Gasteiger partial charge is 0.481 e. The molecule has 0 unspecified atom stereocenters. The van der Waals surface area contributed by atoms with Gasteiger partial charge in [0.15, 0.2) is 0 Å². The average molecular weight is 257 g/mol. The van der Waals surface area contributed by atoms with Gasteiger partial charge in [0.05, 0.1) is 5.41 Å². The zero-order valence-electron chi connectivity index (χ0n) is 11.3. The molecule has 0 atom stereocenters. The molecule has 0 amide bonds. The zero-order valence-corrected chi connectivity index (χ0v) is 11.3. The number of carboxylic acid groups (broad SMARTS) is 1. The van der Waals surface area contributed by atoms with Crippen LogP contribution in [0.15, 0.2) is 42.5 Å². The fraction of sp³-hybridized carbons (Fsp3) is 0.312. The van der Waals surface area contributed by atoms with Gasteiger partial charge < -0.3 is 10.4 Å². The van der Waals surface area contributed by atoms with Gasteiger partial charge in [0, 0.05) is 17.6 Å². The molecule has 100 valence electrons. The van der Waals surface area contributed by atoms with E-state index in [1.807, 2.05) is 24.3 Å². The lowest BCUT2D eigenvalue weighted by Gasteiger charge is -2.19. The van der Waals surface area contributed by atoms with E-state index >= 15 is 0 Å². The molecule has 0 aliphatic heterocycles. The lowest BCUT2D eigenvalue weighted by atomic mass is 9.89. The van der Waals surface area contributed by atoms with E-state index in [1.165, 1.54) is 5.39 Å². The van der Waals surface area contributed by atoms with E-state index in [0.717, 1.165) is 11.1 Å². The summed E-state index contributed by atoms with van der Waals surface area (Å²) in [7, 11) is 0. The minimum Gasteiger partial charge on any atom is -0.481 e. The van der Waals surface area contributed by atoms with Crippen LogP contribution in [0.4, 0.5) is 5.69 Å². The van der Waals surface area contributed by atoms with Crippen molar-refractivity contribution in [3.63, 3.8) is 0 Å². The fourth-order valence-corrected chi connectivity index (χ4v) is 2.00. The third kappa shape index (κ3) is 3.05. The highest BCUT2D eigenvalue weighted by atomic mass is 16.4. The molecule has 0 spiro atoms. The number of carbonyl (C=O) groups is 1. The summed E-state index contributed by atoms with van der Waals surface area (Å²) in [5.41, 5.74) is 0.358. The Kier molecular flexibility index (Phi) is 3.74. The van der Waals surface area contributed by atoms with Gasteiger partial charge in [-0.15, -0.1) is 0 Å². The van der Waals surface area contributed by atoms with Gasteiger partial charge in [0.2, 0.25) is 0 Å². The molecular weight excluding hydrogens is 238 g/mol. The number of nitrogens with one attached hydrogen (secondary N) is 1. The molecule has 3 nitrogen and oxygen atoms in total. The van der Waals surface area contributed by atoms with E-state index in [9.17, 15) is 4.79 Å². The summed E-state index contributed by atoms with van der Waals surface area (Å²) in [6.07, 6.45) is 0.589. The molecule has 3 heteroatoms. The molecule has 2 aromatic carbocycles. The van der Waals surface area contributed by atoms with Crippen LogP contribution in [0.2, 0.25) is 0 Å². The molecule has 0 aliphatic carbocycles. The predicted molar refractivity (Wildman–Crippen MR) is 78.5 cm³/mol. The Morgan fingerprint density at radius 2 is 1.84 bits per heavy atom. The van der Waals surface area contributed by atoms with Gasteiger partial charge in [-0.1, -0.05) is 36.4 Å². The number of fused-ring (bicyclic) bond motifs is 1. The zero-order chi connectivity index (χ0) is 13.9. The standard InChI is InChI=1S/C16H19NO2/c1-16(2,15(18)19)10-11-17-14-9-5-7-12-6-3-4-8-13(12)14/h3-9,17H,10-11H2,1-2H3,(H,18,19). The van der Waals surface area contributed by atoms with Crippen molar-refractivity contribution in [3.05, 3.63) is 42.5 Å². The summed E-state index contributed by atoms with van der Waals surface area (Å²) in [5, 5.41) is 14.8. The van der Waals surface area contributed by atoms with Crippen LogP contribution in [-0.4, -0.2) is 17.6 Å². The Morgan fingerprint density at radius 1 is 1.16 bits per heavy atom. The van der Waals surface area contributed by atoms with Gasteiger partial charge in [0.1, 0.15) is 0 Å². The number of hydrogen-bond acceptors (Lipinski definition) is 2. The Bertz CT molecular complexity index is 585. The van der Waals surface area contributed by atoms with Crippen LogP contribution < -0.4 is 5.32 Å². The first-order valence-corrected chi connectivity index (χ1v) is 6.46. The van der Waals surface area contributed by atoms with Crippen molar-refractivity contribution in [3.8, 4) is 0 Å². The van der Waals surface area contributed by atoms with Crippen LogP contribution in [0.5, 0.6) is 0 Å². The van der Waals surface area contributed by atoms with Crippen LogP contribution in [0.1, 0.15) is 20.3 Å². The van der Waals surface area contributed by atoms with E-state index in [1.54, 1.807) is 13.8 Å². The summed E-state index contributed by atoms with van der Waals surface area (Å²) in [6.45, 7) is 4.15. The number of benzene rings is 2. The van der Waals surface area contributed by atoms with E-state index in [0.29, 0.717) is 13.0 Å². The summed E-state index contributed by atoms with van der Waals surface area (Å²) in [5.74, 6) is -0.757. The Labute approximate surface area is 113 Å². The topological polar surface area (TPSA) is 49.3 Å². The molecule has 0 radical (unpaired) electrons. The molecule has 0 heterocycles. The van der Waals surface area contributed by atoms with E-state index in [2.05, 4.69) is 23.5 Å². The Balaban J connectivity index is 2.09. The Hall–Kier alpha value is -2.03. The molecule has 0 aromatic heterocycles. The monoisotopic (exact) mass is 257 g/mol. The molecule has 0 bridgehead atoms. The van der Waals surface area contributed by atoms with Crippen molar-refractivity contribution in [1.29, 1.82) is 0 Å². The van der Waals surface area contributed by atoms with Crippen molar-refractivity contribution < 1.29 is 9.90 Å². The van der Waals surface area contributed by atoms with Gasteiger partial charge in [-0.2, -0.15) is 0 Å². The molecule has 19 heavy (non-hydrogen) atoms. The van der Waals surface area contributed by atoms with E-state index < -0.39 is 11.4 Å². The number of rotatable bonds is 5. The van der Waals surface area contributed by atoms with Gasteiger partial charge in [-0.3, -0.25) is 4.79 Å². The van der Waals surface area contributed by atoms with Gasteiger partial charge in [0.25, 0.3) is 0 Å². The minimum atomic E-state index is -0.757. The van der Waals surface area contributed by atoms with Gasteiger partial charge in [-0.25, -0.2) is 0 Å². The van der Waals surface area contributed by atoms with Crippen LogP contribution in [-0.2, 0) is 4.79 Å². The summed E-state index contributed by atoms with van der Waals surface area (Å²) >= 11 is 0. The normalized spacial score (nSPS) is 11.5. The molecule has 2 rings (SSSR count). The highest BCUT2D eigenvalue weighted by molar-refractivity contribution is 5.93. The van der Waals surface area contributed by atoms with E-state index in [4.69, 9.17) is 5.11 Å². The van der Waals surface area contributed by atoms with E-state index in [-0.39, 0.29) is 0 Å². The number of aliphatic carboxylic acids is 1. The second kappa shape index (κ2) is 5.31. The first-order chi connectivity index (χ1) is 9.00. The predicted octanol–water partition coefficient (Wildman–Crippen LogP) is 3.75. The molecule has 0 saturated carbocycles. The lowest BCUT2D eigenvalue weighted by molar-refractivity contribution is -0.147. The quantitative estimate of drug-likeness (QED) is 0.857. The lowest BCUT2D eigenvalue weighted by Crippen LogP contribution is -2.26. The molecule has 2 N–H and O–H groups in total. The molecular formula is C16H19NO2. The van der Waals surface area contributed by atoms with Crippen molar-refractivity contribution in [1.82, 2.24) is 0 Å². The van der Waals surface area contributed by atoms with Gasteiger partial charge >= 0.3 is 5.97 Å². The van der Waals surface area contributed by atoms with Crippen LogP contribution in [0.3, 0.4) is 0 Å². The average Bonchev–Trinajstić information content (AvgIpc) is 2.38. The fourth-order valence-electron chi connectivity index (χ4n) is 2.00. The number of anilines is 1. The molecule has 0 saturated heterocycles. The maximum atomic E-state index is 11.0. The maximum absolute atomic E-state index is 11.0. The van der Waals surface area contributed by atoms with Crippen molar-refractivity contribution >= 4 is 22.4 Å². The van der Waals surface area contributed by atoms with Crippen LogP contribution in [0, 0.1) is 5.41 Å². The van der Waals surface area contributed by atoms with Crippen molar-refractivity contribution in [2.75, 3.05) is 11.9 Å². The second-order valence-electron chi connectivity index (χ2n) is 5.39. The summed E-state index contributed by atoms with van der Waals surface area (Å²) in [4.78, 5) is 11.0. The van der Waals surface area contributed by atoms with Crippen LogP contribution >= 0.6 is 0 Å². The molecule has 0 fully saturated rings. The first-order valence-electron chi connectivity index (χ1n) is 6.46. The van der Waals surface area contributed by atoms with Crippen LogP contribution in [0.25, 0.3) is 10.8 Å². The maximum Gasteiger partial charge on any atom is 0.309 e. The highest BCUT2D eigenvalue weighted by Gasteiger charge is 2.26. The van der Waals surface area contributed by atoms with Crippen molar-refractivity contribution in [2.24, 2.45) is 5.41 Å². The summed E-state index contributed by atoms with van der Waals surface area (Å²) in [6, 6.07) is 14.3. The number of carboxylic acids is 1. The number of hydrogen-bond donors (Lipinski definition) is 2. The van der Waals surface area contributed by atoms with Crippen molar-refractivity contribution in [2.45, 2.75) is 20.3 Å². The SMILES string of the molecule is CC(C)(CCNc1cccc2ccccc12)C(=O)O. The second-order valence-corrected chi connectivity index (χ2v) is 5.39. The first kappa shape index (κ1) is 13.4. The highest BCUT2D eigenvalue weighted by Crippen LogP contribution is 2.25.